The van der Waals surface area contributed by atoms with Crippen LogP contribution in [0.4, 0.5) is 0 Å². The zero-order valence-corrected chi connectivity index (χ0v) is 11.9. The largest absolute Gasteiger partial charge is 0.469 e. The summed E-state index contributed by atoms with van der Waals surface area (Å²) in [6, 6.07) is 0.273. The van der Waals surface area contributed by atoms with Gasteiger partial charge in [-0.05, 0) is 36.6 Å². The molecule has 0 aliphatic heterocycles. The summed E-state index contributed by atoms with van der Waals surface area (Å²) in [6.07, 6.45) is 6.68. The van der Waals surface area contributed by atoms with Crippen molar-refractivity contribution in [2.45, 2.75) is 39.7 Å². The van der Waals surface area contributed by atoms with E-state index in [0.717, 1.165) is 19.4 Å². The first-order valence-electron chi connectivity index (χ1n) is 6.92. The number of esters is 1. The van der Waals surface area contributed by atoms with Gasteiger partial charge in [0, 0.05) is 6.04 Å². The van der Waals surface area contributed by atoms with Gasteiger partial charge >= 0.3 is 5.97 Å². The zero-order chi connectivity index (χ0) is 13.3. The molecule has 0 amide bonds. The quantitative estimate of drug-likeness (QED) is 0.616. The number of methoxy groups -OCH3 is 1. The summed E-state index contributed by atoms with van der Waals surface area (Å²) in [6.45, 7) is 7.70. The lowest BCUT2D eigenvalue weighted by molar-refractivity contribution is -0.147. The summed E-state index contributed by atoms with van der Waals surface area (Å²) in [7, 11) is 1.49. The fraction of sp³-hybridized carbons (Fsp3) is 0.800. The third kappa shape index (κ3) is 2.77. The number of ether oxygens (including phenoxy) is 1. The first kappa shape index (κ1) is 13.6. The highest BCUT2D eigenvalue weighted by Gasteiger charge is 2.48. The van der Waals surface area contributed by atoms with Gasteiger partial charge in [0.25, 0.3) is 0 Å². The third-order valence-electron chi connectivity index (χ3n) is 4.19. The number of carbonyl (C=O) groups excluding carboxylic acids is 1. The van der Waals surface area contributed by atoms with Gasteiger partial charge < -0.3 is 10.1 Å². The lowest BCUT2D eigenvalue weighted by Gasteiger charge is -2.28. The van der Waals surface area contributed by atoms with Gasteiger partial charge in [0.1, 0.15) is 0 Å². The Bertz CT molecular complexity index is 343. The van der Waals surface area contributed by atoms with Crippen LogP contribution in [0.1, 0.15) is 33.6 Å². The molecule has 0 aromatic heterocycles. The summed E-state index contributed by atoms with van der Waals surface area (Å²) in [4.78, 5) is 11.9. The van der Waals surface area contributed by atoms with Gasteiger partial charge in [-0.2, -0.15) is 0 Å². The monoisotopic (exact) mass is 251 g/mol. The normalized spacial score (nSPS) is 34.0. The minimum Gasteiger partial charge on any atom is -0.469 e. The highest BCUT2D eigenvalue weighted by Crippen LogP contribution is 2.44. The molecule has 18 heavy (non-hydrogen) atoms. The Morgan fingerprint density at radius 2 is 2.00 bits per heavy atom. The van der Waals surface area contributed by atoms with E-state index in [1.54, 1.807) is 0 Å². The van der Waals surface area contributed by atoms with Crippen molar-refractivity contribution < 1.29 is 9.53 Å². The molecule has 3 nitrogen and oxygen atoms in total. The van der Waals surface area contributed by atoms with Crippen LogP contribution in [0.3, 0.4) is 0 Å². The summed E-state index contributed by atoms with van der Waals surface area (Å²) in [5.74, 6) is 0.860. The van der Waals surface area contributed by atoms with Crippen LogP contribution in [0, 0.1) is 23.2 Å². The maximum Gasteiger partial charge on any atom is 0.310 e. The standard InChI is InChI=1S/C15H25NO2/c1-15(2,3)7-8-16-13-11-6-5-10(9-11)12(13)14(17)18-4/h5-6,10-13,16H,7-9H2,1-4H3. The van der Waals surface area contributed by atoms with E-state index in [4.69, 9.17) is 4.74 Å². The van der Waals surface area contributed by atoms with Crippen molar-refractivity contribution in [2.24, 2.45) is 23.2 Å². The average molecular weight is 251 g/mol. The molecule has 0 heterocycles. The van der Waals surface area contributed by atoms with Crippen LogP contribution >= 0.6 is 0 Å². The molecule has 2 aliphatic carbocycles. The van der Waals surface area contributed by atoms with Crippen molar-refractivity contribution in [3.05, 3.63) is 12.2 Å². The smallest absolute Gasteiger partial charge is 0.310 e. The van der Waals surface area contributed by atoms with Crippen LogP contribution in [-0.2, 0) is 9.53 Å². The summed E-state index contributed by atoms with van der Waals surface area (Å²) in [5, 5.41) is 3.58. The molecule has 102 valence electrons. The Labute approximate surface area is 110 Å². The van der Waals surface area contributed by atoms with Crippen LogP contribution in [-0.4, -0.2) is 25.7 Å². The van der Waals surface area contributed by atoms with Crippen LogP contribution in [0.15, 0.2) is 12.2 Å². The van der Waals surface area contributed by atoms with Gasteiger partial charge in [-0.15, -0.1) is 0 Å². The molecule has 4 atom stereocenters. The maximum absolute atomic E-state index is 11.9. The molecule has 0 spiro atoms. The van der Waals surface area contributed by atoms with E-state index in [1.807, 2.05) is 0 Å². The predicted molar refractivity (Wildman–Crippen MR) is 72.1 cm³/mol. The van der Waals surface area contributed by atoms with Crippen molar-refractivity contribution in [2.75, 3.05) is 13.7 Å². The van der Waals surface area contributed by atoms with Crippen LogP contribution in [0.2, 0.25) is 0 Å². The fourth-order valence-corrected chi connectivity index (χ4v) is 3.17. The van der Waals surface area contributed by atoms with E-state index in [9.17, 15) is 4.79 Å². The molecule has 1 N–H and O–H groups in total. The lowest BCUT2D eigenvalue weighted by Crippen LogP contribution is -2.44. The number of fused-ring (bicyclic) bond motifs is 2. The molecule has 2 aliphatic rings. The number of hydrogen-bond donors (Lipinski definition) is 1. The number of hydrogen-bond acceptors (Lipinski definition) is 3. The van der Waals surface area contributed by atoms with Crippen molar-refractivity contribution in [3.63, 3.8) is 0 Å². The van der Waals surface area contributed by atoms with Gasteiger partial charge in [-0.25, -0.2) is 0 Å². The van der Waals surface area contributed by atoms with Gasteiger partial charge in [0.2, 0.25) is 0 Å². The van der Waals surface area contributed by atoms with E-state index >= 15 is 0 Å². The highest BCUT2D eigenvalue weighted by molar-refractivity contribution is 5.75. The number of rotatable bonds is 4. The number of carbonyl (C=O) groups is 1. The highest BCUT2D eigenvalue weighted by atomic mass is 16.5. The van der Waals surface area contributed by atoms with Crippen LogP contribution in [0.25, 0.3) is 0 Å². The zero-order valence-electron chi connectivity index (χ0n) is 11.9. The van der Waals surface area contributed by atoms with Gasteiger partial charge in [0.15, 0.2) is 0 Å². The number of allylic oxidation sites excluding steroid dienone is 1. The first-order chi connectivity index (χ1) is 8.42. The summed E-state index contributed by atoms with van der Waals surface area (Å²) < 4.78 is 4.95. The predicted octanol–water partition coefficient (Wildman–Crippen LogP) is 2.38. The molecule has 0 radical (unpaired) electrons. The van der Waals surface area contributed by atoms with E-state index in [-0.39, 0.29) is 17.9 Å². The Balaban J connectivity index is 1.94. The second-order valence-electron chi connectivity index (χ2n) is 6.79. The number of nitrogens with one attached hydrogen (secondary N) is 1. The molecule has 2 rings (SSSR count). The van der Waals surface area contributed by atoms with E-state index in [0.29, 0.717) is 17.3 Å². The average Bonchev–Trinajstić information content (AvgIpc) is 2.86. The Morgan fingerprint density at radius 1 is 1.33 bits per heavy atom. The van der Waals surface area contributed by atoms with Crippen molar-refractivity contribution in [1.29, 1.82) is 0 Å². The summed E-state index contributed by atoms with van der Waals surface area (Å²) in [5.41, 5.74) is 0.335. The molecule has 2 bridgehead atoms. The molecule has 1 saturated carbocycles. The minimum atomic E-state index is -0.0555. The topological polar surface area (TPSA) is 38.3 Å². The Hall–Kier alpha value is -0.830. The molecule has 0 aromatic carbocycles. The van der Waals surface area contributed by atoms with E-state index < -0.39 is 0 Å². The van der Waals surface area contributed by atoms with Crippen molar-refractivity contribution >= 4 is 5.97 Å². The first-order valence-corrected chi connectivity index (χ1v) is 6.92. The molecule has 3 heteroatoms. The Kier molecular flexibility index (Phi) is 3.81. The minimum absolute atomic E-state index is 0.0185. The van der Waals surface area contributed by atoms with E-state index in [2.05, 4.69) is 38.2 Å². The van der Waals surface area contributed by atoms with Gasteiger partial charge in [-0.1, -0.05) is 32.9 Å². The van der Waals surface area contributed by atoms with Crippen molar-refractivity contribution in [3.8, 4) is 0 Å². The van der Waals surface area contributed by atoms with Crippen LogP contribution < -0.4 is 5.32 Å². The molecular formula is C15H25NO2. The van der Waals surface area contributed by atoms with Crippen molar-refractivity contribution in [1.82, 2.24) is 5.32 Å². The third-order valence-corrected chi connectivity index (χ3v) is 4.19. The summed E-state index contributed by atoms with van der Waals surface area (Å²) >= 11 is 0. The fourth-order valence-electron chi connectivity index (χ4n) is 3.17. The molecule has 0 saturated heterocycles. The second kappa shape index (κ2) is 5.04. The van der Waals surface area contributed by atoms with Crippen LogP contribution in [0.5, 0.6) is 0 Å². The SMILES string of the molecule is COC(=O)C1C2C=CC(C2)C1NCCC(C)(C)C. The van der Waals surface area contributed by atoms with E-state index in [1.165, 1.54) is 7.11 Å². The molecule has 4 unspecified atom stereocenters. The molecular weight excluding hydrogens is 226 g/mol. The van der Waals surface area contributed by atoms with Gasteiger partial charge in [-0.3, -0.25) is 4.79 Å². The van der Waals surface area contributed by atoms with Gasteiger partial charge in [0.05, 0.1) is 13.0 Å². The molecule has 1 fully saturated rings. The Morgan fingerprint density at radius 3 is 2.61 bits per heavy atom. The maximum atomic E-state index is 11.9. The second-order valence-corrected chi connectivity index (χ2v) is 6.79. The molecule has 0 aromatic rings. The lowest BCUT2D eigenvalue weighted by atomic mass is 9.88.